The Kier molecular flexibility index (Phi) is 8.26. The van der Waals surface area contributed by atoms with E-state index in [1.54, 1.807) is 7.11 Å². The summed E-state index contributed by atoms with van der Waals surface area (Å²) in [6, 6.07) is 48.4. The van der Waals surface area contributed by atoms with E-state index in [1.165, 1.54) is 5.39 Å². The smallest absolute Gasteiger partial charge is 0.127 e. The molecule has 0 spiro atoms. The zero-order valence-electron chi connectivity index (χ0n) is 28.0. The van der Waals surface area contributed by atoms with Gasteiger partial charge < -0.3 is 9.84 Å². The molecule has 0 radical (unpaired) electrons. The van der Waals surface area contributed by atoms with Gasteiger partial charge in [-0.2, -0.15) is 0 Å². The first kappa shape index (κ1) is 31.3. The number of benzene rings is 7. The summed E-state index contributed by atoms with van der Waals surface area (Å²) in [5.41, 5.74) is 4.69. The van der Waals surface area contributed by atoms with Crippen molar-refractivity contribution in [3.05, 3.63) is 162 Å². The minimum Gasteiger partial charge on any atom is -0.496 e. The van der Waals surface area contributed by atoms with Crippen LogP contribution in [-0.2, 0) is 12.0 Å². The summed E-state index contributed by atoms with van der Waals surface area (Å²) >= 11 is 0. The highest BCUT2D eigenvalue weighted by molar-refractivity contribution is 6.09. The van der Waals surface area contributed by atoms with Crippen LogP contribution in [0.1, 0.15) is 49.4 Å². The Morgan fingerprint density at radius 3 is 1.83 bits per heavy atom. The fourth-order valence-corrected chi connectivity index (χ4v) is 7.03. The van der Waals surface area contributed by atoms with E-state index in [4.69, 9.17) is 4.74 Å². The number of methoxy groups -OCH3 is 1. The topological polar surface area (TPSA) is 29.5 Å². The number of aliphatic hydroxyl groups is 1. The second kappa shape index (κ2) is 12.7. The monoisotopic (exact) mass is 624 g/mol. The molecule has 236 valence electrons. The second-order valence-corrected chi connectivity index (χ2v) is 13.7. The zero-order valence-corrected chi connectivity index (χ0v) is 28.0. The van der Waals surface area contributed by atoms with Crippen molar-refractivity contribution in [1.29, 1.82) is 0 Å². The maximum atomic E-state index is 12.4. The van der Waals surface area contributed by atoms with Gasteiger partial charge in [-0.3, -0.25) is 0 Å². The zero-order chi connectivity index (χ0) is 33.3. The normalized spacial score (nSPS) is 12.9. The average molecular weight is 625 g/mol. The van der Waals surface area contributed by atoms with Crippen LogP contribution >= 0.6 is 0 Å². The van der Waals surface area contributed by atoms with Crippen molar-refractivity contribution in [1.82, 2.24) is 0 Å². The molecular weight excluding hydrogens is 585 g/mol. The van der Waals surface area contributed by atoms with Gasteiger partial charge in [0, 0.05) is 22.3 Å². The molecule has 1 N–H and O–H groups in total. The summed E-state index contributed by atoms with van der Waals surface area (Å²) in [5, 5.41) is 19.3. The molecule has 0 fully saturated rings. The molecule has 2 heteroatoms. The first-order valence-corrected chi connectivity index (χ1v) is 16.7. The van der Waals surface area contributed by atoms with Crippen LogP contribution < -0.4 is 4.74 Å². The molecule has 48 heavy (non-hydrogen) atoms. The summed E-state index contributed by atoms with van der Waals surface area (Å²) in [5.74, 6) is 7.97. The van der Waals surface area contributed by atoms with Crippen LogP contribution in [0.4, 0.5) is 0 Å². The lowest BCUT2D eigenvalue weighted by Crippen LogP contribution is -2.40. The Labute approximate surface area is 283 Å². The second-order valence-electron chi connectivity index (χ2n) is 13.7. The van der Waals surface area contributed by atoms with E-state index in [-0.39, 0.29) is 5.41 Å². The van der Waals surface area contributed by atoms with E-state index in [2.05, 4.69) is 166 Å². The van der Waals surface area contributed by atoms with Crippen LogP contribution in [0.5, 0.6) is 5.75 Å². The van der Waals surface area contributed by atoms with Crippen LogP contribution in [-0.4, -0.2) is 12.2 Å². The highest BCUT2D eigenvalue weighted by atomic mass is 16.5. The molecule has 0 aliphatic heterocycles. The first-order chi connectivity index (χ1) is 23.3. The predicted octanol–water partition coefficient (Wildman–Crippen LogP) is 11.1. The van der Waals surface area contributed by atoms with Gasteiger partial charge in [0.1, 0.15) is 5.75 Å². The van der Waals surface area contributed by atoms with Crippen LogP contribution in [0.3, 0.4) is 0 Å². The molecule has 7 aromatic carbocycles. The Balaban J connectivity index is 1.31. The molecule has 0 saturated carbocycles. The Morgan fingerprint density at radius 1 is 0.562 bits per heavy atom. The van der Waals surface area contributed by atoms with E-state index in [0.29, 0.717) is 12.8 Å². The average Bonchev–Trinajstić information content (AvgIpc) is 3.12. The largest absolute Gasteiger partial charge is 0.496 e. The number of hydrogen-bond donors (Lipinski definition) is 1. The van der Waals surface area contributed by atoms with E-state index in [0.717, 1.165) is 66.1 Å². The Bertz CT molecular complexity index is 2350. The summed E-state index contributed by atoms with van der Waals surface area (Å²) in [6.45, 7) is 6.37. The molecule has 0 bridgehead atoms. The third-order valence-corrected chi connectivity index (χ3v) is 9.86. The quantitative estimate of drug-likeness (QED) is 0.187. The molecular formula is C46H40O2. The van der Waals surface area contributed by atoms with E-state index in [1.807, 2.05) is 6.07 Å². The van der Waals surface area contributed by atoms with Gasteiger partial charge in [0.25, 0.3) is 0 Å². The van der Waals surface area contributed by atoms with E-state index >= 15 is 0 Å². The van der Waals surface area contributed by atoms with Gasteiger partial charge in [-0.1, -0.05) is 148 Å². The van der Waals surface area contributed by atoms with Crippen molar-refractivity contribution in [2.45, 2.75) is 39.2 Å². The van der Waals surface area contributed by atoms with Crippen molar-refractivity contribution < 1.29 is 9.84 Å². The van der Waals surface area contributed by atoms with Crippen molar-refractivity contribution in [2.24, 2.45) is 5.41 Å². The summed E-state index contributed by atoms with van der Waals surface area (Å²) in [4.78, 5) is 0. The van der Waals surface area contributed by atoms with Crippen molar-refractivity contribution in [3.8, 4) is 28.7 Å². The highest BCUT2D eigenvalue weighted by Crippen LogP contribution is 2.44. The van der Waals surface area contributed by atoms with Crippen LogP contribution in [0, 0.1) is 17.3 Å². The molecule has 1 atom stereocenters. The molecule has 0 aromatic heterocycles. The van der Waals surface area contributed by atoms with Crippen molar-refractivity contribution >= 4 is 32.3 Å². The fraction of sp³-hybridized carbons (Fsp3) is 0.174. The molecule has 0 aliphatic rings. The van der Waals surface area contributed by atoms with Crippen molar-refractivity contribution in [2.75, 3.05) is 7.11 Å². The van der Waals surface area contributed by atoms with Gasteiger partial charge >= 0.3 is 0 Å². The molecule has 0 saturated heterocycles. The van der Waals surface area contributed by atoms with E-state index < -0.39 is 5.60 Å². The SMILES string of the molecule is COc1ccc2ccccc2c1-c1c(C#Cc2ccccc2CCC(O)(c2ccc3ccccc3c2)C(C)(C)C)ccc2ccccc12. The number of hydrogen-bond acceptors (Lipinski definition) is 2. The van der Waals surface area contributed by atoms with Gasteiger partial charge in [-0.25, -0.2) is 0 Å². The third-order valence-electron chi connectivity index (χ3n) is 9.86. The van der Waals surface area contributed by atoms with Gasteiger partial charge in [0.05, 0.1) is 12.7 Å². The number of aryl methyl sites for hydroxylation is 1. The van der Waals surface area contributed by atoms with Gasteiger partial charge in [-0.05, 0) is 86.0 Å². The third kappa shape index (κ3) is 5.72. The number of fused-ring (bicyclic) bond motifs is 3. The molecule has 0 aliphatic carbocycles. The maximum Gasteiger partial charge on any atom is 0.127 e. The first-order valence-electron chi connectivity index (χ1n) is 16.7. The van der Waals surface area contributed by atoms with Crippen LogP contribution in [0.15, 0.2) is 140 Å². The van der Waals surface area contributed by atoms with Gasteiger partial charge in [-0.15, -0.1) is 0 Å². The summed E-state index contributed by atoms with van der Waals surface area (Å²) in [6.07, 6.45) is 1.26. The standard InChI is InChI=1S/C46H40O2/c1-45(2,3)46(47,39-27-25-33-14-7-8-18-38(33)31-39)30-29-34-15-6-5-13-32(34)21-23-37-24-22-35-16-9-11-19-40(35)43(37)44-41-20-12-10-17-36(41)26-28-42(44)48-4/h5-20,22,24-28,31,47H,29-30H2,1-4H3. The Morgan fingerprint density at radius 2 is 1.12 bits per heavy atom. The Hall–Kier alpha value is -5.36. The van der Waals surface area contributed by atoms with Crippen molar-refractivity contribution in [3.63, 3.8) is 0 Å². The minimum absolute atomic E-state index is 0.381. The molecule has 0 heterocycles. The molecule has 7 aromatic rings. The van der Waals surface area contributed by atoms with Gasteiger partial charge in [0.15, 0.2) is 0 Å². The molecule has 7 rings (SSSR count). The molecule has 2 nitrogen and oxygen atoms in total. The maximum absolute atomic E-state index is 12.4. The van der Waals surface area contributed by atoms with E-state index in [9.17, 15) is 5.11 Å². The summed E-state index contributed by atoms with van der Waals surface area (Å²) < 4.78 is 5.97. The highest BCUT2D eigenvalue weighted by Gasteiger charge is 2.41. The molecule has 0 amide bonds. The van der Waals surface area contributed by atoms with Gasteiger partial charge in [0.2, 0.25) is 0 Å². The number of ether oxygens (including phenoxy) is 1. The number of rotatable bonds is 6. The van der Waals surface area contributed by atoms with Crippen LogP contribution in [0.25, 0.3) is 43.4 Å². The fourth-order valence-electron chi connectivity index (χ4n) is 7.03. The lowest BCUT2D eigenvalue weighted by Gasteiger charge is -2.41. The van der Waals surface area contributed by atoms with Crippen LogP contribution in [0.2, 0.25) is 0 Å². The lowest BCUT2D eigenvalue weighted by molar-refractivity contribution is -0.0709. The molecule has 1 unspecified atom stereocenters. The predicted molar refractivity (Wildman–Crippen MR) is 201 cm³/mol. The minimum atomic E-state index is -1.03. The summed E-state index contributed by atoms with van der Waals surface area (Å²) in [7, 11) is 1.73. The lowest BCUT2D eigenvalue weighted by atomic mass is 9.69.